The molecule has 0 bridgehead atoms. The summed E-state index contributed by atoms with van der Waals surface area (Å²) >= 11 is 6.35. The highest BCUT2D eigenvalue weighted by Gasteiger charge is 2.36. The van der Waals surface area contributed by atoms with Crippen LogP contribution in [0.25, 0.3) is 0 Å². The van der Waals surface area contributed by atoms with Gasteiger partial charge in [-0.05, 0) is 37.5 Å². The second-order valence-electron chi connectivity index (χ2n) is 6.47. The zero-order valence-electron chi connectivity index (χ0n) is 14.3. The summed E-state index contributed by atoms with van der Waals surface area (Å²) in [5.41, 5.74) is 1.04. The molecule has 24 heavy (non-hydrogen) atoms. The highest BCUT2D eigenvalue weighted by atomic mass is 35.5. The lowest BCUT2D eigenvalue weighted by Crippen LogP contribution is -2.61. The number of nitrogens with one attached hydrogen (secondary N) is 1. The Hall–Kier alpha value is -1.46. The monoisotopic (exact) mass is 352 g/mol. The molecule has 2 aliphatic rings. The van der Waals surface area contributed by atoms with Crippen LogP contribution < -0.4 is 14.8 Å². The van der Waals surface area contributed by atoms with Gasteiger partial charge in [0.15, 0.2) is 11.5 Å². The predicted octanol–water partition coefficient (Wildman–Crippen LogP) is 2.99. The van der Waals surface area contributed by atoms with E-state index in [0.29, 0.717) is 42.3 Å². The van der Waals surface area contributed by atoms with Crippen LogP contribution in [-0.2, 0) is 11.3 Å². The third-order valence-corrected chi connectivity index (χ3v) is 5.13. The number of piperazine rings is 1. The van der Waals surface area contributed by atoms with Gasteiger partial charge in [-0.25, -0.2) is 0 Å². The van der Waals surface area contributed by atoms with E-state index in [0.717, 1.165) is 18.4 Å². The van der Waals surface area contributed by atoms with E-state index >= 15 is 0 Å². The first-order valence-corrected chi connectivity index (χ1v) is 9.02. The average molecular weight is 353 g/mol. The number of carbonyl (C=O) groups is 1. The van der Waals surface area contributed by atoms with Crippen molar-refractivity contribution in [3.63, 3.8) is 0 Å². The summed E-state index contributed by atoms with van der Waals surface area (Å²) in [4.78, 5) is 14.3. The summed E-state index contributed by atoms with van der Waals surface area (Å²) < 4.78 is 11.0. The van der Waals surface area contributed by atoms with Crippen LogP contribution in [0.1, 0.15) is 38.2 Å². The van der Waals surface area contributed by atoms with E-state index in [-0.39, 0.29) is 11.9 Å². The molecule has 1 saturated carbocycles. The number of benzene rings is 1. The number of halogens is 1. The fraction of sp³-hybridized carbons (Fsp3) is 0.611. The van der Waals surface area contributed by atoms with Crippen molar-refractivity contribution < 1.29 is 14.3 Å². The van der Waals surface area contributed by atoms with Crippen LogP contribution in [0, 0.1) is 0 Å². The summed E-state index contributed by atoms with van der Waals surface area (Å²) in [6.45, 7) is 3.61. The first kappa shape index (κ1) is 17.4. The predicted molar refractivity (Wildman–Crippen MR) is 93.8 cm³/mol. The second-order valence-corrected chi connectivity index (χ2v) is 6.88. The second kappa shape index (κ2) is 7.62. The molecule has 1 heterocycles. The molecule has 0 unspecified atom stereocenters. The van der Waals surface area contributed by atoms with Gasteiger partial charge in [-0.2, -0.15) is 0 Å². The molecule has 1 aromatic rings. The molecule has 2 fully saturated rings. The maximum absolute atomic E-state index is 12.0. The van der Waals surface area contributed by atoms with Crippen LogP contribution >= 0.6 is 11.6 Å². The number of ether oxygens (including phenoxy) is 2. The SMILES string of the molecule is CCOc1cc(CN2CC(=O)N[C@@H]3CCCC[C@H]32)cc(Cl)c1OC. The summed E-state index contributed by atoms with van der Waals surface area (Å²) in [6, 6.07) is 4.57. The molecule has 1 amide bonds. The average Bonchev–Trinajstić information content (AvgIpc) is 2.55. The van der Waals surface area contributed by atoms with Gasteiger partial charge in [0.1, 0.15) is 0 Å². The number of amides is 1. The Labute approximate surface area is 148 Å². The van der Waals surface area contributed by atoms with Crippen molar-refractivity contribution in [2.24, 2.45) is 0 Å². The molecule has 6 heteroatoms. The summed E-state index contributed by atoms with van der Waals surface area (Å²) in [5.74, 6) is 1.33. The third-order valence-electron chi connectivity index (χ3n) is 4.85. The Morgan fingerprint density at radius 2 is 2.12 bits per heavy atom. The first-order valence-electron chi connectivity index (χ1n) is 8.65. The zero-order valence-corrected chi connectivity index (χ0v) is 15.1. The molecule has 0 radical (unpaired) electrons. The Kier molecular flexibility index (Phi) is 5.51. The number of hydrogen-bond acceptors (Lipinski definition) is 4. The molecule has 5 nitrogen and oxygen atoms in total. The summed E-state index contributed by atoms with van der Waals surface area (Å²) in [5, 5.41) is 3.69. The minimum absolute atomic E-state index is 0.114. The minimum atomic E-state index is 0.114. The van der Waals surface area contributed by atoms with E-state index in [1.165, 1.54) is 12.8 Å². The highest BCUT2D eigenvalue weighted by molar-refractivity contribution is 6.32. The Balaban J connectivity index is 1.82. The summed E-state index contributed by atoms with van der Waals surface area (Å²) in [7, 11) is 1.59. The fourth-order valence-corrected chi connectivity index (χ4v) is 4.16. The molecule has 1 aromatic carbocycles. The van der Waals surface area contributed by atoms with Crippen molar-refractivity contribution >= 4 is 17.5 Å². The van der Waals surface area contributed by atoms with Gasteiger partial charge >= 0.3 is 0 Å². The fourth-order valence-electron chi connectivity index (χ4n) is 3.85. The van der Waals surface area contributed by atoms with Crippen LogP contribution in [0.3, 0.4) is 0 Å². The smallest absolute Gasteiger partial charge is 0.234 e. The molecule has 1 saturated heterocycles. The molecule has 0 aromatic heterocycles. The van der Waals surface area contributed by atoms with E-state index in [1.54, 1.807) is 7.11 Å². The molecule has 1 aliphatic carbocycles. The number of rotatable bonds is 5. The van der Waals surface area contributed by atoms with Crippen molar-refractivity contribution in [3.8, 4) is 11.5 Å². The van der Waals surface area contributed by atoms with Crippen LogP contribution in [0.5, 0.6) is 11.5 Å². The molecular formula is C18H25ClN2O3. The molecule has 1 N–H and O–H groups in total. The number of carbonyl (C=O) groups excluding carboxylic acids is 1. The lowest BCUT2D eigenvalue weighted by atomic mass is 9.87. The maximum Gasteiger partial charge on any atom is 0.234 e. The van der Waals surface area contributed by atoms with E-state index in [4.69, 9.17) is 21.1 Å². The van der Waals surface area contributed by atoms with Gasteiger partial charge in [0.25, 0.3) is 0 Å². The molecule has 1 aliphatic heterocycles. The van der Waals surface area contributed by atoms with Gasteiger partial charge < -0.3 is 14.8 Å². The first-order chi connectivity index (χ1) is 11.6. The van der Waals surface area contributed by atoms with Crippen molar-refractivity contribution in [2.45, 2.75) is 51.2 Å². The van der Waals surface area contributed by atoms with Gasteiger partial charge in [-0.1, -0.05) is 24.4 Å². The van der Waals surface area contributed by atoms with Crippen LogP contribution in [-0.4, -0.2) is 43.2 Å². The van der Waals surface area contributed by atoms with Gasteiger partial charge in [0.05, 0.1) is 25.3 Å². The number of methoxy groups -OCH3 is 1. The summed E-state index contributed by atoms with van der Waals surface area (Å²) in [6.07, 6.45) is 4.62. The normalized spacial score (nSPS) is 24.2. The van der Waals surface area contributed by atoms with E-state index in [2.05, 4.69) is 10.2 Å². The van der Waals surface area contributed by atoms with Gasteiger partial charge in [-0.3, -0.25) is 9.69 Å². The van der Waals surface area contributed by atoms with E-state index < -0.39 is 0 Å². The van der Waals surface area contributed by atoms with Crippen LogP contribution in [0.4, 0.5) is 0 Å². The molecule has 2 atom stereocenters. The van der Waals surface area contributed by atoms with Crippen molar-refractivity contribution in [1.82, 2.24) is 10.2 Å². The van der Waals surface area contributed by atoms with E-state index in [1.807, 2.05) is 19.1 Å². The third kappa shape index (κ3) is 3.62. The Morgan fingerprint density at radius 1 is 1.33 bits per heavy atom. The molecule has 0 spiro atoms. The molecule has 132 valence electrons. The molecule has 3 rings (SSSR count). The lowest BCUT2D eigenvalue weighted by molar-refractivity contribution is -0.128. The zero-order chi connectivity index (χ0) is 17.1. The van der Waals surface area contributed by atoms with Crippen LogP contribution in [0.2, 0.25) is 5.02 Å². The lowest BCUT2D eigenvalue weighted by Gasteiger charge is -2.44. The van der Waals surface area contributed by atoms with Crippen molar-refractivity contribution in [3.05, 3.63) is 22.7 Å². The topological polar surface area (TPSA) is 50.8 Å². The number of hydrogen-bond donors (Lipinski definition) is 1. The Bertz CT molecular complexity index is 608. The van der Waals surface area contributed by atoms with Gasteiger partial charge in [0.2, 0.25) is 5.91 Å². The largest absolute Gasteiger partial charge is 0.491 e. The van der Waals surface area contributed by atoms with Crippen molar-refractivity contribution in [1.29, 1.82) is 0 Å². The maximum atomic E-state index is 12.0. The van der Waals surface area contributed by atoms with Gasteiger partial charge in [-0.15, -0.1) is 0 Å². The van der Waals surface area contributed by atoms with E-state index in [9.17, 15) is 4.79 Å². The number of fused-ring (bicyclic) bond motifs is 1. The Morgan fingerprint density at radius 3 is 2.88 bits per heavy atom. The highest BCUT2D eigenvalue weighted by Crippen LogP contribution is 2.37. The number of nitrogens with zero attached hydrogens (tertiary/aromatic N) is 1. The molecular weight excluding hydrogens is 328 g/mol. The minimum Gasteiger partial charge on any atom is -0.491 e. The van der Waals surface area contributed by atoms with Crippen LogP contribution in [0.15, 0.2) is 12.1 Å². The van der Waals surface area contributed by atoms with Crippen molar-refractivity contribution in [2.75, 3.05) is 20.3 Å². The van der Waals surface area contributed by atoms with Gasteiger partial charge in [0, 0.05) is 18.6 Å². The standard InChI is InChI=1S/C18H25ClN2O3/c1-3-24-16-9-12(8-13(19)18(16)23-2)10-21-11-17(22)20-14-6-4-5-7-15(14)21/h8-9,14-15H,3-7,10-11H2,1-2H3,(H,20,22)/t14-,15-/m1/s1. The quantitative estimate of drug-likeness (QED) is 0.885.